The van der Waals surface area contributed by atoms with Crippen LogP contribution in [0.2, 0.25) is 0 Å². The van der Waals surface area contributed by atoms with E-state index in [9.17, 15) is 8.42 Å². The topological polar surface area (TPSA) is 98.0 Å². The molecule has 0 bridgehead atoms. The summed E-state index contributed by atoms with van der Waals surface area (Å²) in [7, 11) is -3.53. The lowest BCUT2D eigenvalue weighted by Crippen LogP contribution is -2.38. The highest BCUT2D eigenvalue weighted by Gasteiger charge is 2.24. The molecule has 100 valence electrons. The fourth-order valence-electron chi connectivity index (χ4n) is 2.29. The van der Waals surface area contributed by atoms with Crippen molar-refractivity contribution in [2.75, 3.05) is 5.73 Å². The van der Waals surface area contributed by atoms with Crippen molar-refractivity contribution in [3.8, 4) is 0 Å². The van der Waals surface area contributed by atoms with Crippen molar-refractivity contribution in [2.24, 2.45) is 5.92 Å². The van der Waals surface area contributed by atoms with Crippen LogP contribution in [0.25, 0.3) is 0 Å². The summed E-state index contributed by atoms with van der Waals surface area (Å²) in [6.45, 7) is 2.15. The largest absolute Gasteiger partial charge is 0.368 e. The van der Waals surface area contributed by atoms with Gasteiger partial charge in [-0.25, -0.2) is 23.1 Å². The standard InChI is InChI=1S/C11H18N4O2S/c1-8-3-2-4-9(5-8)15-18(16,17)10-6-13-11(12)14-7-10/h6-9,15H,2-5H2,1H3,(H2,12,13,14). The Labute approximate surface area is 107 Å². The Morgan fingerprint density at radius 2 is 2.00 bits per heavy atom. The summed E-state index contributed by atoms with van der Waals surface area (Å²) in [4.78, 5) is 7.47. The highest BCUT2D eigenvalue weighted by molar-refractivity contribution is 7.89. The maximum absolute atomic E-state index is 12.1. The van der Waals surface area contributed by atoms with Gasteiger partial charge in [0.05, 0.1) is 12.4 Å². The summed E-state index contributed by atoms with van der Waals surface area (Å²) in [5.41, 5.74) is 5.33. The highest BCUT2D eigenvalue weighted by Crippen LogP contribution is 2.24. The third kappa shape index (κ3) is 3.17. The molecule has 1 aromatic rings. The molecule has 2 unspecified atom stereocenters. The van der Waals surface area contributed by atoms with Crippen molar-refractivity contribution in [2.45, 2.75) is 43.5 Å². The lowest BCUT2D eigenvalue weighted by atomic mass is 9.88. The molecule has 1 heterocycles. The molecule has 1 aromatic heterocycles. The fourth-order valence-corrected chi connectivity index (χ4v) is 3.47. The Balaban J connectivity index is 2.09. The molecule has 3 N–H and O–H groups in total. The summed E-state index contributed by atoms with van der Waals surface area (Å²) >= 11 is 0. The monoisotopic (exact) mass is 270 g/mol. The number of nitrogen functional groups attached to an aromatic ring is 1. The molecule has 7 heteroatoms. The van der Waals surface area contributed by atoms with Crippen LogP contribution in [0.3, 0.4) is 0 Å². The van der Waals surface area contributed by atoms with Gasteiger partial charge in [-0.15, -0.1) is 0 Å². The van der Waals surface area contributed by atoms with E-state index in [1.807, 2.05) is 0 Å². The minimum absolute atomic E-state index is 0.0105. The molecule has 2 atom stereocenters. The van der Waals surface area contributed by atoms with Crippen LogP contribution in [0.4, 0.5) is 5.95 Å². The molecule has 0 aliphatic heterocycles. The number of rotatable bonds is 3. The fraction of sp³-hybridized carbons (Fsp3) is 0.636. The molecule has 1 saturated carbocycles. The van der Waals surface area contributed by atoms with E-state index in [0.29, 0.717) is 5.92 Å². The predicted octanol–water partition coefficient (Wildman–Crippen LogP) is 0.916. The molecule has 0 saturated heterocycles. The molecule has 0 aromatic carbocycles. The number of aromatic nitrogens is 2. The maximum Gasteiger partial charge on any atom is 0.243 e. The van der Waals surface area contributed by atoms with Gasteiger partial charge in [-0.05, 0) is 18.8 Å². The SMILES string of the molecule is CC1CCCC(NS(=O)(=O)c2cnc(N)nc2)C1. The zero-order valence-electron chi connectivity index (χ0n) is 10.3. The first kappa shape index (κ1) is 13.2. The Morgan fingerprint density at radius 1 is 1.33 bits per heavy atom. The van der Waals surface area contributed by atoms with Crippen molar-refractivity contribution in [1.29, 1.82) is 0 Å². The van der Waals surface area contributed by atoms with Crippen LogP contribution < -0.4 is 10.5 Å². The molecule has 1 fully saturated rings. The summed E-state index contributed by atoms with van der Waals surface area (Å²) < 4.78 is 26.9. The van der Waals surface area contributed by atoms with Gasteiger partial charge in [0.2, 0.25) is 16.0 Å². The third-order valence-electron chi connectivity index (χ3n) is 3.22. The predicted molar refractivity (Wildman–Crippen MR) is 68.2 cm³/mol. The Bertz CT molecular complexity index is 500. The molecular weight excluding hydrogens is 252 g/mol. The molecular formula is C11H18N4O2S. The quantitative estimate of drug-likeness (QED) is 0.851. The van der Waals surface area contributed by atoms with E-state index in [2.05, 4.69) is 21.6 Å². The van der Waals surface area contributed by atoms with Crippen molar-refractivity contribution in [1.82, 2.24) is 14.7 Å². The second-order valence-electron chi connectivity index (χ2n) is 4.87. The number of nitrogens with two attached hydrogens (primary N) is 1. The number of hydrogen-bond donors (Lipinski definition) is 2. The summed E-state index contributed by atoms with van der Waals surface area (Å²) in [5, 5.41) is 0. The van der Waals surface area contributed by atoms with Crippen molar-refractivity contribution >= 4 is 16.0 Å². The molecule has 0 amide bonds. The number of hydrogen-bond acceptors (Lipinski definition) is 5. The van der Waals surface area contributed by atoms with E-state index in [1.165, 1.54) is 18.8 Å². The molecule has 0 radical (unpaired) electrons. The van der Waals surface area contributed by atoms with Crippen LogP contribution in [0.15, 0.2) is 17.3 Å². The second kappa shape index (κ2) is 5.19. The normalized spacial score (nSPS) is 24.9. The smallest absolute Gasteiger partial charge is 0.243 e. The van der Waals surface area contributed by atoms with Crippen LogP contribution >= 0.6 is 0 Å². The van der Waals surface area contributed by atoms with Gasteiger partial charge in [0.15, 0.2) is 0 Å². The number of nitrogens with one attached hydrogen (secondary N) is 1. The van der Waals surface area contributed by atoms with E-state index >= 15 is 0 Å². The Kier molecular flexibility index (Phi) is 3.82. The zero-order chi connectivity index (χ0) is 13.2. The van der Waals surface area contributed by atoms with Gasteiger partial charge < -0.3 is 5.73 Å². The van der Waals surface area contributed by atoms with Gasteiger partial charge in [-0.3, -0.25) is 0 Å². The molecule has 1 aliphatic carbocycles. The van der Waals surface area contributed by atoms with E-state index in [0.717, 1.165) is 19.3 Å². The molecule has 0 spiro atoms. The van der Waals surface area contributed by atoms with Crippen LogP contribution in [-0.4, -0.2) is 24.4 Å². The second-order valence-corrected chi connectivity index (χ2v) is 6.58. The van der Waals surface area contributed by atoms with E-state index in [1.54, 1.807) is 0 Å². The molecule has 2 rings (SSSR count). The van der Waals surface area contributed by atoms with Crippen molar-refractivity contribution in [3.63, 3.8) is 0 Å². The van der Waals surface area contributed by atoms with Gasteiger partial charge in [0, 0.05) is 6.04 Å². The molecule has 6 nitrogen and oxygen atoms in total. The number of nitrogens with zero attached hydrogens (tertiary/aromatic N) is 2. The minimum atomic E-state index is -3.53. The average molecular weight is 270 g/mol. The van der Waals surface area contributed by atoms with Gasteiger partial charge in [-0.1, -0.05) is 19.8 Å². The van der Waals surface area contributed by atoms with Crippen molar-refractivity contribution in [3.05, 3.63) is 12.4 Å². The highest BCUT2D eigenvalue weighted by atomic mass is 32.2. The Hall–Kier alpha value is -1.21. The average Bonchev–Trinajstić information content (AvgIpc) is 2.29. The minimum Gasteiger partial charge on any atom is -0.368 e. The van der Waals surface area contributed by atoms with Gasteiger partial charge >= 0.3 is 0 Å². The summed E-state index contributed by atoms with van der Waals surface area (Å²) in [6, 6.07) is 0.0105. The zero-order valence-corrected chi connectivity index (χ0v) is 11.2. The number of anilines is 1. The van der Waals surface area contributed by atoms with E-state index < -0.39 is 10.0 Å². The first-order chi connectivity index (χ1) is 8.47. The maximum atomic E-state index is 12.1. The first-order valence-corrected chi connectivity index (χ1v) is 7.55. The molecule has 18 heavy (non-hydrogen) atoms. The van der Waals surface area contributed by atoms with Crippen LogP contribution in [0.5, 0.6) is 0 Å². The lowest BCUT2D eigenvalue weighted by molar-refractivity contribution is 0.327. The third-order valence-corrected chi connectivity index (χ3v) is 4.69. The van der Waals surface area contributed by atoms with Crippen molar-refractivity contribution < 1.29 is 8.42 Å². The van der Waals surface area contributed by atoms with E-state index in [4.69, 9.17) is 5.73 Å². The number of sulfonamides is 1. The van der Waals surface area contributed by atoms with Crippen LogP contribution in [0, 0.1) is 5.92 Å². The van der Waals surface area contributed by atoms with Gasteiger partial charge in [0.25, 0.3) is 0 Å². The van der Waals surface area contributed by atoms with Gasteiger partial charge in [0.1, 0.15) is 4.90 Å². The first-order valence-electron chi connectivity index (χ1n) is 6.07. The van der Waals surface area contributed by atoms with Gasteiger partial charge in [-0.2, -0.15) is 0 Å². The summed E-state index contributed by atoms with van der Waals surface area (Å²) in [6.07, 6.45) is 6.47. The van der Waals surface area contributed by atoms with E-state index in [-0.39, 0.29) is 16.9 Å². The lowest BCUT2D eigenvalue weighted by Gasteiger charge is -2.27. The Morgan fingerprint density at radius 3 is 2.61 bits per heavy atom. The molecule has 1 aliphatic rings. The van der Waals surface area contributed by atoms with Crippen LogP contribution in [-0.2, 0) is 10.0 Å². The van der Waals surface area contributed by atoms with Crippen LogP contribution in [0.1, 0.15) is 32.6 Å². The summed E-state index contributed by atoms with van der Waals surface area (Å²) in [5.74, 6) is 0.634.